The Kier molecular flexibility index (Phi) is 5.67. The summed E-state index contributed by atoms with van der Waals surface area (Å²) in [5, 5.41) is 23.1. The van der Waals surface area contributed by atoms with Gasteiger partial charge in [0, 0.05) is 17.4 Å². The maximum atomic E-state index is 12.5. The summed E-state index contributed by atoms with van der Waals surface area (Å²) < 4.78 is 16.9. The number of nitrogens with one attached hydrogen (secondary N) is 1. The first-order chi connectivity index (χ1) is 15.5. The standard InChI is InChI=1S/C24H26BNO6/c27-23(26-22(25(28)29)11-17-13-32-21-4-2-1-3-19(17)21)14-31-18-6-5-16-7-8-24(20(16)12-18)9-10-30-15-24/h1-6,12-13,22,28-29H,7-11,14-15H2,(H,26,27)/t22-,24?/m0/s1. The van der Waals surface area contributed by atoms with E-state index in [0.29, 0.717) is 11.3 Å². The molecule has 2 atom stereocenters. The van der Waals surface area contributed by atoms with Crippen LogP contribution >= 0.6 is 0 Å². The largest absolute Gasteiger partial charge is 0.484 e. The molecule has 1 unspecified atom stereocenters. The maximum Gasteiger partial charge on any atom is 0.475 e. The predicted octanol–water partition coefficient (Wildman–Crippen LogP) is 2.16. The van der Waals surface area contributed by atoms with E-state index in [1.54, 1.807) is 6.26 Å². The van der Waals surface area contributed by atoms with Crippen LogP contribution in [0.15, 0.2) is 53.1 Å². The van der Waals surface area contributed by atoms with Crippen molar-refractivity contribution in [1.82, 2.24) is 5.32 Å². The average molecular weight is 435 g/mol. The van der Waals surface area contributed by atoms with Crippen molar-refractivity contribution < 1.29 is 28.7 Å². The Labute approximate surface area is 186 Å². The number of benzene rings is 2. The van der Waals surface area contributed by atoms with E-state index in [1.807, 2.05) is 36.4 Å². The Balaban J connectivity index is 1.22. The van der Waals surface area contributed by atoms with Crippen LogP contribution in [-0.2, 0) is 27.8 Å². The molecule has 2 heterocycles. The van der Waals surface area contributed by atoms with Gasteiger partial charge in [0.1, 0.15) is 11.3 Å². The fourth-order valence-corrected chi connectivity index (χ4v) is 4.94. The molecule has 2 aromatic carbocycles. The molecule has 1 aliphatic carbocycles. The zero-order valence-corrected chi connectivity index (χ0v) is 17.8. The molecule has 0 radical (unpaired) electrons. The summed E-state index contributed by atoms with van der Waals surface area (Å²) >= 11 is 0. The Morgan fingerprint density at radius 1 is 1.22 bits per heavy atom. The van der Waals surface area contributed by atoms with Gasteiger partial charge in [0.2, 0.25) is 0 Å². The lowest BCUT2D eigenvalue weighted by molar-refractivity contribution is -0.123. The molecular formula is C24H26BNO6. The lowest BCUT2D eigenvalue weighted by Crippen LogP contribution is -2.49. The summed E-state index contributed by atoms with van der Waals surface area (Å²) in [6.45, 7) is 1.31. The summed E-state index contributed by atoms with van der Waals surface area (Å²) in [7, 11) is -1.71. The van der Waals surface area contributed by atoms with Gasteiger partial charge in [-0.1, -0.05) is 24.3 Å². The highest BCUT2D eigenvalue weighted by Gasteiger charge is 2.42. The number of rotatable bonds is 7. The molecule has 1 spiro atoms. The highest BCUT2D eigenvalue weighted by molar-refractivity contribution is 6.43. The molecule has 1 aromatic heterocycles. The third-order valence-corrected chi connectivity index (χ3v) is 6.71. The van der Waals surface area contributed by atoms with E-state index in [-0.39, 0.29) is 18.4 Å². The van der Waals surface area contributed by atoms with Crippen LogP contribution in [-0.4, -0.2) is 48.8 Å². The number of carbonyl (C=O) groups excluding carboxylic acids is 1. The van der Waals surface area contributed by atoms with Gasteiger partial charge in [-0.05, 0) is 60.6 Å². The van der Waals surface area contributed by atoms with Crippen LogP contribution in [0.25, 0.3) is 11.0 Å². The van der Waals surface area contributed by atoms with E-state index in [1.165, 1.54) is 11.1 Å². The molecule has 32 heavy (non-hydrogen) atoms. The second-order valence-electron chi connectivity index (χ2n) is 8.74. The number of carbonyl (C=O) groups is 1. The van der Waals surface area contributed by atoms with E-state index in [2.05, 4.69) is 11.4 Å². The van der Waals surface area contributed by atoms with Crippen molar-refractivity contribution in [3.8, 4) is 5.75 Å². The molecule has 1 amide bonds. The van der Waals surface area contributed by atoms with Gasteiger partial charge in [-0.25, -0.2) is 0 Å². The van der Waals surface area contributed by atoms with Crippen molar-refractivity contribution >= 4 is 24.0 Å². The number of para-hydroxylation sites is 1. The van der Waals surface area contributed by atoms with Crippen LogP contribution < -0.4 is 10.1 Å². The molecule has 1 aliphatic heterocycles. The SMILES string of the molecule is O=C(COc1ccc2c(c1)C1(CCOC1)CC2)N[C@@H](Cc1coc2ccccc12)B(O)O. The Morgan fingerprint density at radius 3 is 2.91 bits per heavy atom. The average Bonchev–Trinajstić information content (AvgIpc) is 3.52. The highest BCUT2D eigenvalue weighted by atomic mass is 16.5. The molecule has 0 bridgehead atoms. The third-order valence-electron chi connectivity index (χ3n) is 6.71. The Hall–Kier alpha value is -2.81. The summed E-state index contributed by atoms with van der Waals surface area (Å²) in [5.41, 5.74) is 4.18. The highest BCUT2D eigenvalue weighted by Crippen LogP contribution is 2.45. The molecule has 1 fully saturated rings. The first kappa shape index (κ1) is 21.1. The van der Waals surface area contributed by atoms with Crippen molar-refractivity contribution in [2.45, 2.75) is 37.0 Å². The van der Waals surface area contributed by atoms with Crippen molar-refractivity contribution in [3.05, 3.63) is 65.4 Å². The molecule has 2 aliphatic rings. The number of hydrogen-bond donors (Lipinski definition) is 3. The van der Waals surface area contributed by atoms with E-state index >= 15 is 0 Å². The number of furan rings is 1. The van der Waals surface area contributed by atoms with Crippen LogP contribution in [0.1, 0.15) is 29.5 Å². The molecule has 166 valence electrons. The van der Waals surface area contributed by atoms with Crippen molar-refractivity contribution in [2.75, 3.05) is 19.8 Å². The topological polar surface area (TPSA) is 101 Å². The Bertz CT molecular complexity index is 1120. The van der Waals surface area contributed by atoms with Crippen molar-refractivity contribution in [1.29, 1.82) is 0 Å². The molecule has 8 heteroatoms. The van der Waals surface area contributed by atoms with E-state index in [0.717, 1.165) is 43.4 Å². The molecule has 3 N–H and O–H groups in total. The smallest absolute Gasteiger partial charge is 0.475 e. The Morgan fingerprint density at radius 2 is 2.09 bits per heavy atom. The van der Waals surface area contributed by atoms with Crippen molar-refractivity contribution in [3.63, 3.8) is 0 Å². The second-order valence-corrected chi connectivity index (χ2v) is 8.74. The fourth-order valence-electron chi connectivity index (χ4n) is 4.94. The van der Waals surface area contributed by atoms with E-state index in [9.17, 15) is 14.8 Å². The van der Waals surface area contributed by atoms with Crippen LogP contribution in [0.5, 0.6) is 5.75 Å². The number of aryl methyl sites for hydroxylation is 1. The van der Waals surface area contributed by atoms with Crippen LogP contribution in [0.3, 0.4) is 0 Å². The molecular weight excluding hydrogens is 409 g/mol. The molecule has 7 nitrogen and oxygen atoms in total. The number of amides is 1. The minimum Gasteiger partial charge on any atom is -0.484 e. The second kappa shape index (κ2) is 8.62. The first-order valence-electron chi connectivity index (χ1n) is 11.0. The van der Waals surface area contributed by atoms with Gasteiger partial charge in [0.15, 0.2) is 6.61 Å². The van der Waals surface area contributed by atoms with E-state index < -0.39 is 19.0 Å². The maximum absolute atomic E-state index is 12.5. The van der Waals surface area contributed by atoms with Crippen LogP contribution in [0, 0.1) is 0 Å². The summed E-state index contributed by atoms with van der Waals surface area (Å²) in [6, 6.07) is 13.5. The minimum atomic E-state index is -1.71. The van der Waals surface area contributed by atoms with E-state index in [4.69, 9.17) is 13.9 Å². The van der Waals surface area contributed by atoms with Crippen molar-refractivity contribution in [2.24, 2.45) is 0 Å². The molecule has 3 aromatic rings. The quantitative estimate of drug-likeness (QED) is 0.492. The summed E-state index contributed by atoms with van der Waals surface area (Å²) in [5.74, 6) is -0.671. The van der Waals surface area contributed by atoms with Gasteiger partial charge in [-0.3, -0.25) is 4.79 Å². The molecule has 1 saturated heterocycles. The minimum absolute atomic E-state index is 0.0798. The lowest BCUT2D eigenvalue weighted by atomic mass is 9.76. The number of ether oxygens (including phenoxy) is 2. The van der Waals surface area contributed by atoms with Crippen LogP contribution in [0.4, 0.5) is 0 Å². The fraction of sp³-hybridized carbons (Fsp3) is 0.375. The lowest BCUT2D eigenvalue weighted by Gasteiger charge is -2.23. The van der Waals surface area contributed by atoms with Gasteiger partial charge in [0.05, 0.1) is 18.8 Å². The summed E-state index contributed by atoms with van der Waals surface area (Å²) in [6.07, 6.45) is 4.95. The third kappa shape index (κ3) is 4.01. The number of hydrogen-bond acceptors (Lipinski definition) is 6. The van der Waals surface area contributed by atoms with Crippen LogP contribution in [0.2, 0.25) is 0 Å². The van der Waals surface area contributed by atoms with Gasteiger partial charge in [-0.15, -0.1) is 0 Å². The van der Waals surface area contributed by atoms with Gasteiger partial charge >= 0.3 is 7.12 Å². The molecule has 5 rings (SSSR count). The zero-order valence-electron chi connectivity index (χ0n) is 17.8. The molecule has 0 saturated carbocycles. The monoisotopic (exact) mass is 435 g/mol. The van der Waals surface area contributed by atoms with Gasteiger partial charge < -0.3 is 29.3 Å². The first-order valence-corrected chi connectivity index (χ1v) is 11.0. The predicted molar refractivity (Wildman–Crippen MR) is 119 cm³/mol. The van der Waals surface area contributed by atoms with Gasteiger partial charge in [0.25, 0.3) is 5.91 Å². The zero-order chi connectivity index (χ0) is 22.1. The number of fused-ring (bicyclic) bond motifs is 3. The normalized spacial score (nSPS) is 20.4. The van der Waals surface area contributed by atoms with Gasteiger partial charge in [-0.2, -0.15) is 0 Å². The summed E-state index contributed by atoms with van der Waals surface area (Å²) in [4.78, 5) is 12.5.